The fourth-order valence-corrected chi connectivity index (χ4v) is 2.91. The molecule has 158 valence electrons. The van der Waals surface area contributed by atoms with Gasteiger partial charge in [-0.1, -0.05) is 25.4 Å². The molecule has 30 heavy (non-hydrogen) atoms. The van der Waals surface area contributed by atoms with Gasteiger partial charge in [0.25, 0.3) is 5.91 Å². The van der Waals surface area contributed by atoms with Crippen LogP contribution in [-0.2, 0) is 0 Å². The summed E-state index contributed by atoms with van der Waals surface area (Å²) in [5.41, 5.74) is 0.669. The predicted octanol–water partition coefficient (Wildman–Crippen LogP) is 4.06. The minimum absolute atomic E-state index is 0.0253. The Bertz CT molecular complexity index is 1070. The van der Waals surface area contributed by atoms with Crippen molar-refractivity contribution in [2.45, 2.75) is 20.8 Å². The SMILES string of the molecule is COc1cc(C(=O)Nc2cc(-n3nnnc3C)ccc2F)cc(Cl)c1OCC(C)C. The molecule has 0 aliphatic heterocycles. The van der Waals surface area contributed by atoms with Gasteiger partial charge in [-0.25, -0.2) is 4.39 Å². The Kier molecular flexibility index (Phi) is 6.51. The number of carbonyl (C=O) groups excluding carboxylic acids is 1. The fourth-order valence-electron chi connectivity index (χ4n) is 2.65. The van der Waals surface area contributed by atoms with Crippen LogP contribution in [0.1, 0.15) is 30.0 Å². The highest BCUT2D eigenvalue weighted by Crippen LogP contribution is 2.37. The third-order valence-corrected chi connectivity index (χ3v) is 4.40. The highest BCUT2D eigenvalue weighted by Gasteiger charge is 2.18. The zero-order valence-corrected chi connectivity index (χ0v) is 17.7. The van der Waals surface area contributed by atoms with Crippen molar-refractivity contribution in [3.63, 3.8) is 0 Å². The van der Waals surface area contributed by atoms with Gasteiger partial charge in [0, 0.05) is 5.56 Å². The molecule has 0 fully saturated rings. The van der Waals surface area contributed by atoms with Crippen molar-refractivity contribution >= 4 is 23.2 Å². The quantitative estimate of drug-likeness (QED) is 0.604. The lowest BCUT2D eigenvalue weighted by Crippen LogP contribution is -2.14. The molecule has 0 aliphatic rings. The van der Waals surface area contributed by atoms with Gasteiger partial charge in [0.05, 0.1) is 30.1 Å². The van der Waals surface area contributed by atoms with Gasteiger partial charge in [-0.15, -0.1) is 5.10 Å². The molecule has 0 atom stereocenters. The van der Waals surface area contributed by atoms with Gasteiger partial charge in [0.1, 0.15) is 5.82 Å². The smallest absolute Gasteiger partial charge is 0.255 e. The molecular formula is C20H21ClFN5O3. The third kappa shape index (κ3) is 4.68. The molecule has 1 N–H and O–H groups in total. The molecule has 0 aliphatic carbocycles. The van der Waals surface area contributed by atoms with Gasteiger partial charge in [-0.05, 0) is 53.6 Å². The van der Waals surface area contributed by atoms with Crippen LogP contribution in [0.15, 0.2) is 30.3 Å². The van der Waals surface area contributed by atoms with E-state index >= 15 is 0 Å². The van der Waals surface area contributed by atoms with Crippen LogP contribution >= 0.6 is 11.6 Å². The van der Waals surface area contributed by atoms with Crippen molar-refractivity contribution < 1.29 is 18.7 Å². The van der Waals surface area contributed by atoms with E-state index < -0.39 is 11.7 Å². The van der Waals surface area contributed by atoms with Crippen LogP contribution in [-0.4, -0.2) is 39.8 Å². The first-order valence-electron chi connectivity index (χ1n) is 9.16. The summed E-state index contributed by atoms with van der Waals surface area (Å²) in [6, 6.07) is 7.11. The third-order valence-electron chi connectivity index (χ3n) is 4.12. The second-order valence-electron chi connectivity index (χ2n) is 6.95. The van der Waals surface area contributed by atoms with E-state index in [1.807, 2.05) is 13.8 Å². The summed E-state index contributed by atoms with van der Waals surface area (Å²) in [5, 5.41) is 14.0. The number of hydrogen-bond donors (Lipinski definition) is 1. The number of aromatic nitrogens is 4. The van der Waals surface area contributed by atoms with Crippen LogP contribution in [0.5, 0.6) is 11.5 Å². The summed E-state index contributed by atoms with van der Waals surface area (Å²) < 4.78 is 26.7. The van der Waals surface area contributed by atoms with Crippen LogP contribution in [0.25, 0.3) is 5.69 Å². The zero-order chi connectivity index (χ0) is 21.8. The zero-order valence-electron chi connectivity index (χ0n) is 16.9. The summed E-state index contributed by atoms with van der Waals surface area (Å²) in [6.45, 7) is 6.15. The van der Waals surface area contributed by atoms with Crippen LogP contribution in [0, 0.1) is 18.7 Å². The molecule has 0 spiro atoms. The second-order valence-corrected chi connectivity index (χ2v) is 7.36. The molecule has 0 radical (unpaired) electrons. The van der Waals surface area contributed by atoms with Crippen LogP contribution < -0.4 is 14.8 Å². The van der Waals surface area contributed by atoms with E-state index in [1.54, 1.807) is 6.92 Å². The summed E-state index contributed by atoms with van der Waals surface area (Å²) >= 11 is 6.30. The monoisotopic (exact) mass is 433 g/mol. The maximum atomic E-state index is 14.3. The number of nitrogens with one attached hydrogen (secondary N) is 1. The standard InChI is InChI=1S/C20H21ClFN5O3/c1-11(2)10-30-19-15(21)7-13(8-18(19)29-4)20(28)23-17-9-14(5-6-16(17)22)27-12(3)24-25-26-27/h5-9,11H,10H2,1-4H3,(H,23,28). The van der Waals surface area contributed by atoms with Crippen molar-refractivity contribution in [3.05, 3.63) is 52.6 Å². The molecule has 8 nitrogen and oxygen atoms in total. The Balaban J connectivity index is 1.87. The van der Waals surface area contributed by atoms with Crippen molar-refractivity contribution in [2.75, 3.05) is 19.0 Å². The number of hydrogen-bond acceptors (Lipinski definition) is 6. The van der Waals surface area contributed by atoms with Crippen LogP contribution in [0.4, 0.5) is 10.1 Å². The van der Waals surface area contributed by atoms with Crippen molar-refractivity contribution in [3.8, 4) is 17.2 Å². The molecule has 10 heteroatoms. The Hall–Kier alpha value is -3.20. The van der Waals surface area contributed by atoms with Crippen LogP contribution in [0.2, 0.25) is 5.02 Å². The molecule has 0 unspecified atom stereocenters. The summed E-state index contributed by atoms with van der Waals surface area (Å²) in [4.78, 5) is 12.7. The number of halogens is 2. The maximum absolute atomic E-state index is 14.3. The van der Waals surface area contributed by atoms with E-state index in [9.17, 15) is 9.18 Å². The molecule has 1 amide bonds. The normalized spacial score (nSPS) is 10.9. The number of methoxy groups -OCH3 is 1. The summed E-state index contributed by atoms with van der Waals surface area (Å²) in [6.07, 6.45) is 0. The topological polar surface area (TPSA) is 91.2 Å². The molecule has 3 aromatic rings. The Morgan fingerprint density at radius 3 is 2.70 bits per heavy atom. The van der Waals surface area contributed by atoms with E-state index in [4.69, 9.17) is 21.1 Å². The number of tetrazole rings is 1. The second kappa shape index (κ2) is 9.08. The highest BCUT2D eigenvalue weighted by molar-refractivity contribution is 6.32. The molecule has 1 heterocycles. The summed E-state index contributed by atoms with van der Waals surface area (Å²) in [5.74, 6) is 0.307. The lowest BCUT2D eigenvalue weighted by Gasteiger charge is -2.15. The number of rotatable bonds is 7. The molecule has 0 saturated carbocycles. The highest BCUT2D eigenvalue weighted by atomic mass is 35.5. The first kappa shape index (κ1) is 21.5. The van der Waals surface area contributed by atoms with E-state index in [2.05, 4.69) is 20.8 Å². The van der Waals surface area contributed by atoms with Crippen LogP contribution in [0.3, 0.4) is 0 Å². The maximum Gasteiger partial charge on any atom is 0.255 e. The van der Waals surface area contributed by atoms with E-state index in [0.29, 0.717) is 29.6 Å². The van der Waals surface area contributed by atoms with E-state index in [1.165, 1.54) is 42.1 Å². The Labute approximate surface area is 177 Å². The average Bonchev–Trinajstić information content (AvgIpc) is 3.13. The average molecular weight is 434 g/mol. The molecule has 1 aromatic heterocycles. The minimum atomic E-state index is -0.604. The lowest BCUT2D eigenvalue weighted by molar-refractivity contribution is 0.102. The fraction of sp³-hybridized carbons (Fsp3) is 0.300. The van der Waals surface area contributed by atoms with Crippen molar-refractivity contribution in [1.29, 1.82) is 0 Å². The molecule has 0 bridgehead atoms. The van der Waals surface area contributed by atoms with Gasteiger partial charge >= 0.3 is 0 Å². The largest absolute Gasteiger partial charge is 0.493 e. The van der Waals surface area contributed by atoms with Gasteiger partial charge in [0.2, 0.25) is 0 Å². The van der Waals surface area contributed by atoms with Crippen molar-refractivity contribution in [1.82, 2.24) is 20.2 Å². The number of aryl methyl sites for hydroxylation is 1. The molecule has 2 aromatic carbocycles. The van der Waals surface area contributed by atoms with E-state index in [-0.39, 0.29) is 22.2 Å². The number of benzene rings is 2. The Morgan fingerprint density at radius 1 is 1.30 bits per heavy atom. The molecule has 0 saturated heterocycles. The number of amides is 1. The number of carbonyl (C=O) groups is 1. The number of ether oxygens (including phenoxy) is 2. The predicted molar refractivity (Wildman–Crippen MR) is 110 cm³/mol. The number of anilines is 1. The Morgan fingerprint density at radius 2 is 2.07 bits per heavy atom. The molecular weight excluding hydrogens is 413 g/mol. The van der Waals surface area contributed by atoms with Gasteiger partial charge < -0.3 is 14.8 Å². The van der Waals surface area contributed by atoms with Gasteiger partial charge in [-0.2, -0.15) is 4.68 Å². The first-order chi connectivity index (χ1) is 14.3. The van der Waals surface area contributed by atoms with Gasteiger partial charge in [0.15, 0.2) is 17.3 Å². The minimum Gasteiger partial charge on any atom is -0.493 e. The van der Waals surface area contributed by atoms with E-state index in [0.717, 1.165) is 0 Å². The van der Waals surface area contributed by atoms with Crippen molar-refractivity contribution in [2.24, 2.45) is 5.92 Å². The summed E-state index contributed by atoms with van der Waals surface area (Å²) in [7, 11) is 1.45. The molecule has 3 rings (SSSR count). The van der Waals surface area contributed by atoms with Gasteiger partial charge in [-0.3, -0.25) is 4.79 Å². The number of nitrogens with zero attached hydrogens (tertiary/aromatic N) is 4. The lowest BCUT2D eigenvalue weighted by atomic mass is 10.1. The first-order valence-corrected chi connectivity index (χ1v) is 9.54.